The third-order valence-electron chi connectivity index (χ3n) is 7.35. The average Bonchev–Trinajstić information content (AvgIpc) is 2.95. The lowest BCUT2D eigenvalue weighted by atomic mass is 9.84. The first kappa shape index (κ1) is 31.7. The molecule has 0 bridgehead atoms. The Morgan fingerprint density at radius 3 is 2.02 bits per heavy atom. The summed E-state index contributed by atoms with van der Waals surface area (Å²) in [6.45, 7) is 6.14. The number of carbonyl (C=O) groups excluding carboxylic acids is 2. The van der Waals surface area contributed by atoms with Gasteiger partial charge in [-0.1, -0.05) is 79.9 Å². The number of aliphatic hydroxyl groups is 1. The minimum absolute atomic E-state index is 0.146. The molecule has 0 aromatic heterocycles. The van der Waals surface area contributed by atoms with Crippen molar-refractivity contribution in [3.8, 4) is 0 Å². The minimum Gasteiger partial charge on any atom is -0.356 e. The van der Waals surface area contributed by atoms with Gasteiger partial charge in [0.15, 0.2) is 0 Å². The third kappa shape index (κ3) is 10.7. The van der Waals surface area contributed by atoms with Gasteiger partial charge in [-0.2, -0.15) is 0 Å². The van der Waals surface area contributed by atoms with Gasteiger partial charge in [0.05, 0.1) is 17.7 Å². The largest absolute Gasteiger partial charge is 0.356 e. The highest BCUT2D eigenvalue weighted by Gasteiger charge is 2.30. The highest BCUT2D eigenvalue weighted by molar-refractivity contribution is 5.90. The first-order valence-corrected chi connectivity index (χ1v) is 14.7. The molecule has 2 aromatic carbocycles. The molecule has 0 saturated heterocycles. The first-order chi connectivity index (χ1) is 19.1. The lowest BCUT2D eigenvalue weighted by Gasteiger charge is -2.29. The molecule has 0 aliphatic heterocycles. The average molecular weight is 553 g/mol. The second-order valence-electron chi connectivity index (χ2n) is 11.8. The van der Waals surface area contributed by atoms with Gasteiger partial charge in [0, 0.05) is 0 Å². The molecule has 8 heteroatoms. The molecule has 2 amide bonds. The second kappa shape index (κ2) is 15.9. The van der Waals surface area contributed by atoms with Gasteiger partial charge < -0.3 is 26.2 Å². The summed E-state index contributed by atoms with van der Waals surface area (Å²) in [6.07, 6.45) is 5.98. The highest BCUT2D eigenvalue weighted by atomic mass is 16.6. The zero-order valence-electron chi connectivity index (χ0n) is 24.3. The van der Waals surface area contributed by atoms with Gasteiger partial charge in [-0.25, -0.2) is 0 Å². The lowest BCUT2D eigenvalue weighted by Crippen LogP contribution is -2.54. The van der Waals surface area contributed by atoms with Crippen molar-refractivity contribution in [2.24, 2.45) is 11.7 Å². The third-order valence-corrected chi connectivity index (χ3v) is 7.35. The normalized spacial score (nSPS) is 16.8. The van der Waals surface area contributed by atoms with Crippen LogP contribution in [0.4, 0.5) is 0 Å². The van der Waals surface area contributed by atoms with E-state index in [0.29, 0.717) is 25.8 Å². The van der Waals surface area contributed by atoms with E-state index in [1.807, 2.05) is 81.4 Å². The topological polar surface area (TPSA) is 126 Å². The molecular formula is C32H48N4O4. The number of unbranched alkanes of at least 4 members (excludes halogenated alkanes) is 1. The van der Waals surface area contributed by atoms with Gasteiger partial charge in [-0.05, 0) is 76.5 Å². The van der Waals surface area contributed by atoms with Gasteiger partial charge in [0.25, 0.3) is 0 Å². The zero-order valence-corrected chi connectivity index (χ0v) is 24.3. The molecule has 6 N–H and O–H groups in total. The van der Waals surface area contributed by atoms with Crippen molar-refractivity contribution in [1.82, 2.24) is 16.0 Å². The van der Waals surface area contributed by atoms with E-state index in [2.05, 4.69) is 16.0 Å². The van der Waals surface area contributed by atoms with Gasteiger partial charge in [0.2, 0.25) is 18.2 Å². The Kier molecular flexibility index (Phi) is 12.6. The molecule has 1 unspecified atom stereocenters. The fraction of sp³-hybridized carbons (Fsp3) is 0.562. The van der Waals surface area contributed by atoms with E-state index in [-0.39, 0.29) is 23.8 Å². The minimum atomic E-state index is -1.07. The summed E-state index contributed by atoms with van der Waals surface area (Å²) in [5, 5.41) is 19.1. The highest BCUT2D eigenvalue weighted by Crippen LogP contribution is 2.26. The maximum atomic E-state index is 13.7. The molecular weight excluding hydrogens is 504 g/mol. The molecule has 2 aromatic rings. The Bertz CT molecular complexity index is 983. The molecule has 0 spiro atoms. The molecule has 3 atom stereocenters. The van der Waals surface area contributed by atoms with Crippen LogP contribution in [-0.2, 0) is 14.3 Å². The first-order valence-electron chi connectivity index (χ1n) is 14.7. The summed E-state index contributed by atoms with van der Waals surface area (Å²) in [5.41, 5.74) is 7.84. The summed E-state index contributed by atoms with van der Waals surface area (Å²) in [7, 11) is 0. The standard InChI is InChI=1S/C32H48N4O4/c1-32(2,3)40-31(39)34-22-14-13-21-26(35-30(38)27(33)23-15-7-4-8-16-23)29(37)36-28(24-17-9-5-10-18-24)25-19-11-6-12-20-25/h5-6,9-12,17-20,23,26-28,31,34,39H,4,7-8,13-16,21-22,33H2,1-3H3,(H,35,38)(H,36,37)/t26-,27-,31?/m0/s1. The van der Waals surface area contributed by atoms with Crippen LogP contribution in [0.1, 0.15) is 89.3 Å². The fourth-order valence-corrected chi connectivity index (χ4v) is 5.21. The van der Waals surface area contributed by atoms with Crippen LogP contribution in [0.2, 0.25) is 0 Å². The molecule has 1 fully saturated rings. The number of nitrogens with two attached hydrogens (primary N) is 1. The van der Waals surface area contributed by atoms with Crippen LogP contribution < -0.4 is 21.7 Å². The summed E-state index contributed by atoms with van der Waals surface area (Å²) < 4.78 is 5.48. The molecule has 1 aliphatic rings. The fourth-order valence-electron chi connectivity index (χ4n) is 5.21. The number of aliphatic hydroxyl groups excluding tert-OH is 1. The Hall–Kier alpha value is -2.78. The summed E-state index contributed by atoms with van der Waals surface area (Å²) >= 11 is 0. The Morgan fingerprint density at radius 2 is 1.48 bits per heavy atom. The van der Waals surface area contributed by atoms with Crippen molar-refractivity contribution in [3.63, 3.8) is 0 Å². The van der Waals surface area contributed by atoms with Crippen molar-refractivity contribution in [1.29, 1.82) is 0 Å². The SMILES string of the molecule is CC(C)(C)OC(O)NCCCC[C@H](NC(=O)[C@@H](N)C1CCCCC1)C(=O)NC(c1ccccc1)c1ccccc1. The van der Waals surface area contributed by atoms with Gasteiger partial charge >= 0.3 is 0 Å². The molecule has 3 rings (SSSR count). The van der Waals surface area contributed by atoms with Crippen LogP contribution in [0.3, 0.4) is 0 Å². The molecule has 1 saturated carbocycles. The lowest BCUT2D eigenvalue weighted by molar-refractivity contribution is -0.181. The van der Waals surface area contributed by atoms with Crippen LogP contribution in [0.25, 0.3) is 0 Å². The van der Waals surface area contributed by atoms with Crippen molar-refractivity contribution in [2.45, 2.75) is 102 Å². The van der Waals surface area contributed by atoms with Crippen LogP contribution in [0, 0.1) is 5.92 Å². The maximum absolute atomic E-state index is 13.7. The van der Waals surface area contributed by atoms with E-state index in [9.17, 15) is 14.7 Å². The van der Waals surface area contributed by atoms with Crippen molar-refractivity contribution in [3.05, 3.63) is 71.8 Å². The van der Waals surface area contributed by atoms with E-state index >= 15 is 0 Å². The smallest absolute Gasteiger partial charge is 0.243 e. The van der Waals surface area contributed by atoms with Crippen molar-refractivity contribution in [2.75, 3.05) is 6.54 Å². The van der Waals surface area contributed by atoms with Gasteiger partial charge in [-0.3, -0.25) is 14.9 Å². The van der Waals surface area contributed by atoms with E-state index in [4.69, 9.17) is 10.5 Å². The number of nitrogens with one attached hydrogen (secondary N) is 3. The number of rotatable bonds is 14. The van der Waals surface area contributed by atoms with E-state index < -0.39 is 24.1 Å². The van der Waals surface area contributed by atoms with Crippen LogP contribution in [0.15, 0.2) is 60.7 Å². The molecule has 1 aliphatic carbocycles. The predicted molar refractivity (Wildman–Crippen MR) is 158 cm³/mol. The number of benzene rings is 2. The van der Waals surface area contributed by atoms with Crippen LogP contribution >= 0.6 is 0 Å². The molecule has 220 valence electrons. The van der Waals surface area contributed by atoms with E-state index in [0.717, 1.165) is 36.8 Å². The Morgan fingerprint density at radius 1 is 0.900 bits per heavy atom. The number of amides is 2. The predicted octanol–water partition coefficient (Wildman–Crippen LogP) is 4.14. The van der Waals surface area contributed by atoms with Crippen molar-refractivity contribution < 1.29 is 19.4 Å². The second-order valence-corrected chi connectivity index (χ2v) is 11.8. The number of ether oxygens (including phenoxy) is 1. The quantitative estimate of drug-likeness (QED) is 0.177. The van der Waals surface area contributed by atoms with E-state index in [1.165, 1.54) is 6.42 Å². The molecule has 8 nitrogen and oxygen atoms in total. The monoisotopic (exact) mass is 552 g/mol. The van der Waals surface area contributed by atoms with Crippen LogP contribution in [0.5, 0.6) is 0 Å². The van der Waals surface area contributed by atoms with E-state index in [1.54, 1.807) is 0 Å². The zero-order chi connectivity index (χ0) is 29.0. The summed E-state index contributed by atoms with van der Waals surface area (Å²) in [4.78, 5) is 26.9. The van der Waals surface area contributed by atoms with Gasteiger partial charge in [0.1, 0.15) is 6.04 Å². The molecule has 40 heavy (non-hydrogen) atoms. The number of carbonyl (C=O) groups is 2. The summed E-state index contributed by atoms with van der Waals surface area (Å²) in [6, 6.07) is 17.9. The number of hydrogen-bond acceptors (Lipinski definition) is 6. The molecule has 0 radical (unpaired) electrons. The maximum Gasteiger partial charge on any atom is 0.243 e. The van der Waals surface area contributed by atoms with Crippen LogP contribution in [-0.4, -0.2) is 47.6 Å². The van der Waals surface area contributed by atoms with Gasteiger partial charge in [-0.15, -0.1) is 0 Å². The summed E-state index contributed by atoms with van der Waals surface area (Å²) in [5.74, 6) is -0.367. The van der Waals surface area contributed by atoms with Crippen molar-refractivity contribution >= 4 is 11.8 Å². The Balaban J connectivity index is 1.67. The molecule has 0 heterocycles. The number of hydrogen-bond donors (Lipinski definition) is 5. The Labute approximate surface area is 239 Å².